The van der Waals surface area contributed by atoms with Crippen molar-refractivity contribution in [3.05, 3.63) is 37.1 Å². The van der Waals surface area contributed by atoms with E-state index in [9.17, 15) is 8.42 Å². The number of nitrogens with one attached hydrogen (secondary N) is 2. The van der Waals surface area contributed by atoms with E-state index in [4.69, 9.17) is 0 Å². The number of aromatic nitrogens is 4. The SMILES string of the molecule is C=C(CCn1cnc2cnc3[nH]ccc3c21)NS(=O)(=O)N(C)CC. The van der Waals surface area contributed by atoms with Crippen molar-refractivity contribution in [1.29, 1.82) is 0 Å². The number of allylic oxidation sites excluding steroid dienone is 1. The van der Waals surface area contributed by atoms with Gasteiger partial charge < -0.3 is 9.55 Å². The van der Waals surface area contributed by atoms with Crippen LogP contribution >= 0.6 is 0 Å². The van der Waals surface area contributed by atoms with Crippen LogP contribution in [-0.4, -0.2) is 45.8 Å². The zero-order valence-corrected chi connectivity index (χ0v) is 14.5. The Morgan fingerprint density at radius 2 is 2.25 bits per heavy atom. The molecule has 0 saturated carbocycles. The molecule has 0 aromatic carbocycles. The van der Waals surface area contributed by atoms with Gasteiger partial charge in [0, 0.05) is 43.8 Å². The van der Waals surface area contributed by atoms with E-state index in [-0.39, 0.29) is 0 Å². The van der Waals surface area contributed by atoms with E-state index in [0.29, 0.717) is 25.2 Å². The number of fused-ring (bicyclic) bond motifs is 3. The Balaban J connectivity index is 1.77. The lowest BCUT2D eigenvalue weighted by Gasteiger charge is -2.17. The summed E-state index contributed by atoms with van der Waals surface area (Å²) >= 11 is 0. The number of hydrogen-bond donors (Lipinski definition) is 2. The molecule has 0 spiro atoms. The second-order valence-corrected chi connectivity index (χ2v) is 7.32. The van der Waals surface area contributed by atoms with E-state index < -0.39 is 10.2 Å². The highest BCUT2D eigenvalue weighted by molar-refractivity contribution is 7.87. The van der Waals surface area contributed by atoms with Gasteiger partial charge in [-0.05, 0) is 6.07 Å². The minimum absolute atomic E-state index is 0.396. The topological polar surface area (TPSA) is 95.9 Å². The summed E-state index contributed by atoms with van der Waals surface area (Å²) in [5, 5.41) is 0.988. The third kappa shape index (κ3) is 3.00. The third-order valence-corrected chi connectivity index (χ3v) is 5.57. The van der Waals surface area contributed by atoms with E-state index in [1.54, 1.807) is 19.4 Å². The van der Waals surface area contributed by atoms with Crippen LogP contribution in [0, 0.1) is 0 Å². The summed E-state index contributed by atoms with van der Waals surface area (Å²) in [6.45, 7) is 6.56. The lowest BCUT2D eigenvalue weighted by atomic mass is 10.3. The van der Waals surface area contributed by atoms with E-state index in [0.717, 1.165) is 22.1 Å². The number of aryl methyl sites for hydroxylation is 1. The summed E-state index contributed by atoms with van der Waals surface area (Å²) < 4.78 is 29.7. The molecule has 0 bridgehead atoms. The summed E-state index contributed by atoms with van der Waals surface area (Å²) in [7, 11) is -2.00. The first kappa shape index (κ1) is 16.5. The normalized spacial score (nSPS) is 12.3. The van der Waals surface area contributed by atoms with Gasteiger partial charge in [-0.2, -0.15) is 12.7 Å². The fourth-order valence-electron chi connectivity index (χ4n) is 2.48. The number of rotatable bonds is 7. The van der Waals surface area contributed by atoms with Crippen LogP contribution in [0.3, 0.4) is 0 Å². The summed E-state index contributed by atoms with van der Waals surface area (Å²) in [4.78, 5) is 11.7. The van der Waals surface area contributed by atoms with E-state index in [1.165, 1.54) is 11.4 Å². The maximum absolute atomic E-state index is 12.0. The Hall–Kier alpha value is -2.39. The predicted octanol–water partition coefficient (Wildman–Crippen LogP) is 1.60. The summed E-state index contributed by atoms with van der Waals surface area (Å²) in [6.07, 6.45) is 5.76. The maximum atomic E-state index is 12.0. The molecule has 24 heavy (non-hydrogen) atoms. The molecule has 0 aliphatic heterocycles. The number of imidazole rings is 1. The van der Waals surface area contributed by atoms with Crippen LogP contribution in [-0.2, 0) is 16.8 Å². The van der Waals surface area contributed by atoms with Crippen molar-refractivity contribution in [2.24, 2.45) is 0 Å². The molecule has 9 heteroatoms. The third-order valence-electron chi connectivity index (χ3n) is 3.95. The molecule has 0 aliphatic carbocycles. The first-order chi connectivity index (χ1) is 11.4. The van der Waals surface area contributed by atoms with Gasteiger partial charge in [0.2, 0.25) is 0 Å². The van der Waals surface area contributed by atoms with Gasteiger partial charge >= 0.3 is 10.2 Å². The van der Waals surface area contributed by atoms with Crippen LogP contribution < -0.4 is 4.72 Å². The number of nitrogens with zero attached hydrogens (tertiary/aromatic N) is 4. The molecule has 0 aliphatic rings. The first-order valence-electron chi connectivity index (χ1n) is 7.61. The van der Waals surface area contributed by atoms with Gasteiger partial charge in [0.1, 0.15) is 11.2 Å². The molecular formula is C15H20N6O2S. The van der Waals surface area contributed by atoms with Crippen molar-refractivity contribution >= 4 is 32.3 Å². The molecule has 0 fully saturated rings. The molecule has 3 rings (SSSR count). The van der Waals surface area contributed by atoms with Crippen LogP contribution in [0.25, 0.3) is 22.1 Å². The van der Waals surface area contributed by atoms with Crippen molar-refractivity contribution in [1.82, 2.24) is 28.5 Å². The van der Waals surface area contributed by atoms with Gasteiger partial charge in [-0.15, -0.1) is 0 Å². The Labute approximate surface area is 140 Å². The van der Waals surface area contributed by atoms with Crippen molar-refractivity contribution < 1.29 is 8.42 Å². The summed E-state index contributed by atoms with van der Waals surface area (Å²) in [5.41, 5.74) is 3.02. The van der Waals surface area contributed by atoms with Gasteiger partial charge in [0.25, 0.3) is 0 Å². The van der Waals surface area contributed by atoms with E-state index in [2.05, 4.69) is 26.3 Å². The number of hydrogen-bond acceptors (Lipinski definition) is 4. The molecule has 3 aromatic rings. The highest BCUT2D eigenvalue weighted by atomic mass is 32.2. The van der Waals surface area contributed by atoms with Crippen molar-refractivity contribution in [2.75, 3.05) is 13.6 Å². The van der Waals surface area contributed by atoms with Gasteiger partial charge in [0.15, 0.2) is 0 Å². The standard InChI is InChI=1S/C15H20N6O2S/c1-4-20(3)24(22,23)19-11(2)6-8-21-10-18-13-9-17-15-12(14(13)21)5-7-16-15/h5,7,9-10,19H,2,4,6,8H2,1,3H3,(H,16,17). The molecule has 0 unspecified atom stereocenters. The highest BCUT2D eigenvalue weighted by Crippen LogP contribution is 2.22. The van der Waals surface area contributed by atoms with Crippen molar-refractivity contribution in [3.8, 4) is 0 Å². The summed E-state index contributed by atoms with van der Waals surface area (Å²) in [5.74, 6) is 0. The molecule has 3 aromatic heterocycles. The van der Waals surface area contributed by atoms with Crippen LogP contribution in [0.4, 0.5) is 0 Å². The van der Waals surface area contributed by atoms with Gasteiger partial charge in [0.05, 0.1) is 18.0 Å². The maximum Gasteiger partial charge on any atom is 0.301 e. The smallest absolute Gasteiger partial charge is 0.301 e. The average molecular weight is 348 g/mol. The zero-order chi connectivity index (χ0) is 17.3. The molecule has 0 saturated heterocycles. The zero-order valence-electron chi connectivity index (χ0n) is 13.7. The van der Waals surface area contributed by atoms with Crippen LogP contribution in [0.1, 0.15) is 13.3 Å². The van der Waals surface area contributed by atoms with Crippen molar-refractivity contribution in [3.63, 3.8) is 0 Å². The Morgan fingerprint density at radius 3 is 3.00 bits per heavy atom. The van der Waals surface area contributed by atoms with Crippen molar-refractivity contribution in [2.45, 2.75) is 19.9 Å². The monoisotopic (exact) mass is 348 g/mol. The van der Waals surface area contributed by atoms with Gasteiger partial charge in [-0.3, -0.25) is 4.72 Å². The second kappa shape index (κ2) is 6.25. The van der Waals surface area contributed by atoms with Crippen LogP contribution in [0.15, 0.2) is 37.1 Å². The van der Waals surface area contributed by atoms with Crippen LogP contribution in [0.5, 0.6) is 0 Å². The fraction of sp³-hybridized carbons (Fsp3) is 0.333. The number of pyridine rings is 1. The number of H-pyrrole nitrogens is 1. The molecule has 0 atom stereocenters. The largest absolute Gasteiger partial charge is 0.346 e. The number of aromatic amines is 1. The Morgan fingerprint density at radius 1 is 1.46 bits per heavy atom. The Bertz CT molecular complexity index is 988. The molecule has 3 heterocycles. The van der Waals surface area contributed by atoms with Crippen LogP contribution in [0.2, 0.25) is 0 Å². The first-order valence-corrected chi connectivity index (χ1v) is 9.05. The lowest BCUT2D eigenvalue weighted by molar-refractivity contribution is 0.477. The highest BCUT2D eigenvalue weighted by Gasteiger charge is 2.16. The minimum Gasteiger partial charge on any atom is -0.346 e. The summed E-state index contributed by atoms with van der Waals surface area (Å²) in [6, 6.07) is 1.95. The van der Waals surface area contributed by atoms with E-state index in [1.807, 2.05) is 16.8 Å². The molecule has 0 radical (unpaired) electrons. The lowest BCUT2D eigenvalue weighted by Crippen LogP contribution is -2.37. The van der Waals surface area contributed by atoms with Gasteiger partial charge in [-0.1, -0.05) is 13.5 Å². The Kier molecular flexibility index (Phi) is 4.29. The average Bonchev–Trinajstić information content (AvgIpc) is 3.17. The molecule has 128 valence electrons. The molecule has 0 amide bonds. The minimum atomic E-state index is -3.52. The fourth-order valence-corrected chi connectivity index (χ4v) is 3.44. The second-order valence-electron chi connectivity index (χ2n) is 5.54. The molecular weight excluding hydrogens is 328 g/mol. The van der Waals surface area contributed by atoms with E-state index >= 15 is 0 Å². The predicted molar refractivity (Wildman–Crippen MR) is 93.5 cm³/mol. The molecule has 2 N–H and O–H groups in total. The van der Waals surface area contributed by atoms with Gasteiger partial charge in [-0.25, -0.2) is 9.97 Å². The quantitative estimate of drug-likeness (QED) is 0.678. The molecule has 8 nitrogen and oxygen atoms in total.